The summed E-state index contributed by atoms with van der Waals surface area (Å²) in [4.78, 5) is 17.5. The summed E-state index contributed by atoms with van der Waals surface area (Å²) in [6, 6.07) is 5.25. The van der Waals surface area contributed by atoms with Gasteiger partial charge in [-0.2, -0.15) is 11.8 Å². The molecule has 0 aliphatic carbocycles. The summed E-state index contributed by atoms with van der Waals surface area (Å²) >= 11 is 1.69. The van der Waals surface area contributed by atoms with E-state index in [0.29, 0.717) is 29.3 Å². The number of hydrogen-bond acceptors (Lipinski definition) is 5. The highest BCUT2D eigenvalue weighted by Crippen LogP contribution is 2.26. The lowest BCUT2D eigenvalue weighted by Crippen LogP contribution is -2.41. The number of thioether (sulfide) groups is 1. The summed E-state index contributed by atoms with van der Waals surface area (Å²) in [5.74, 6) is -0.415. The van der Waals surface area contributed by atoms with Crippen LogP contribution in [0.2, 0.25) is 0 Å². The second-order valence-corrected chi connectivity index (χ2v) is 8.28. The molecular formula is C22H26F2N4O2S. The average molecular weight is 449 g/mol. The fraction of sp³-hybridized carbons (Fsp3) is 0.364. The molecule has 1 amide bonds. The first-order valence-electron chi connectivity index (χ1n) is 9.90. The van der Waals surface area contributed by atoms with Gasteiger partial charge in [-0.15, -0.1) is 0 Å². The summed E-state index contributed by atoms with van der Waals surface area (Å²) in [6.45, 7) is 3.61. The highest BCUT2D eigenvalue weighted by Gasteiger charge is 2.22. The zero-order chi connectivity index (χ0) is 22.5. The number of imidazole rings is 1. The molecule has 0 spiro atoms. The molecule has 0 saturated heterocycles. The Morgan fingerprint density at radius 1 is 1.32 bits per heavy atom. The maximum atomic E-state index is 14.0. The number of aromatic nitrogens is 2. The van der Waals surface area contributed by atoms with Gasteiger partial charge in [0, 0.05) is 18.8 Å². The minimum Gasteiger partial charge on any atom is -0.485 e. The summed E-state index contributed by atoms with van der Waals surface area (Å²) < 4.78 is 35.3. The summed E-state index contributed by atoms with van der Waals surface area (Å²) in [7, 11) is 0. The normalized spacial score (nSPS) is 12.2. The predicted octanol–water partition coefficient (Wildman–Crippen LogP) is 3.62. The van der Waals surface area contributed by atoms with Crippen LogP contribution in [0.1, 0.15) is 33.7 Å². The molecule has 9 heteroatoms. The third-order valence-corrected chi connectivity index (χ3v) is 5.58. The third kappa shape index (κ3) is 5.16. The summed E-state index contributed by atoms with van der Waals surface area (Å²) in [5, 5.41) is 2.97. The largest absolute Gasteiger partial charge is 0.485 e. The molecule has 0 fully saturated rings. The fourth-order valence-corrected chi connectivity index (χ4v) is 3.84. The standard InChI is InChI=1S/C22H26F2N4O2S/c1-13-9-19(30-12-16-17(23)5-4-6-18(16)24)21-26-14(2)20(28(21)11-13)22(29)27-15(10-25)7-8-31-3/h4-6,9,11,15H,7-8,10,12,25H2,1-3H3,(H,27,29). The van der Waals surface area contributed by atoms with Crippen LogP contribution in [0.3, 0.4) is 0 Å². The smallest absolute Gasteiger partial charge is 0.270 e. The van der Waals surface area contributed by atoms with Crippen molar-refractivity contribution >= 4 is 23.3 Å². The van der Waals surface area contributed by atoms with Gasteiger partial charge in [0.1, 0.15) is 23.9 Å². The number of carbonyl (C=O) groups excluding carboxylic acids is 1. The lowest BCUT2D eigenvalue weighted by Gasteiger charge is -2.16. The van der Waals surface area contributed by atoms with Crippen molar-refractivity contribution in [1.82, 2.24) is 14.7 Å². The zero-order valence-electron chi connectivity index (χ0n) is 17.7. The van der Waals surface area contributed by atoms with E-state index in [4.69, 9.17) is 10.5 Å². The van der Waals surface area contributed by atoms with E-state index in [2.05, 4.69) is 10.3 Å². The molecule has 3 rings (SSSR count). The second kappa shape index (κ2) is 10.1. The summed E-state index contributed by atoms with van der Waals surface area (Å²) in [6.07, 6.45) is 4.54. The van der Waals surface area contributed by atoms with Crippen molar-refractivity contribution in [2.45, 2.75) is 32.9 Å². The molecule has 2 heterocycles. The van der Waals surface area contributed by atoms with E-state index < -0.39 is 11.6 Å². The Balaban J connectivity index is 1.91. The van der Waals surface area contributed by atoms with Gasteiger partial charge in [0.15, 0.2) is 11.4 Å². The Morgan fingerprint density at radius 3 is 2.68 bits per heavy atom. The molecule has 166 valence electrons. The van der Waals surface area contributed by atoms with E-state index in [1.807, 2.05) is 13.2 Å². The van der Waals surface area contributed by atoms with Crippen LogP contribution in [0.4, 0.5) is 8.78 Å². The van der Waals surface area contributed by atoms with Crippen LogP contribution in [-0.4, -0.2) is 39.9 Å². The molecule has 6 nitrogen and oxygen atoms in total. The Kier molecular flexibility index (Phi) is 7.50. The van der Waals surface area contributed by atoms with Gasteiger partial charge in [-0.25, -0.2) is 13.8 Å². The lowest BCUT2D eigenvalue weighted by atomic mass is 10.2. The number of ether oxygens (including phenoxy) is 1. The molecule has 1 atom stereocenters. The van der Waals surface area contributed by atoms with Crippen molar-refractivity contribution in [2.24, 2.45) is 5.73 Å². The van der Waals surface area contributed by atoms with Gasteiger partial charge in [0.2, 0.25) is 0 Å². The third-order valence-electron chi connectivity index (χ3n) is 4.94. The predicted molar refractivity (Wildman–Crippen MR) is 119 cm³/mol. The van der Waals surface area contributed by atoms with E-state index >= 15 is 0 Å². The van der Waals surface area contributed by atoms with Gasteiger partial charge >= 0.3 is 0 Å². The van der Waals surface area contributed by atoms with Crippen molar-refractivity contribution in [2.75, 3.05) is 18.6 Å². The average Bonchev–Trinajstić information content (AvgIpc) is 3.06. The Labute approximate surface area is 184 Å². The Morgan fingerprint density at radius 2 is 2.03 bits per heavy atom. The summed E-state index contributed by atoms with van der Waals surface area (Å²) in [5.41, 5.74) is 7.75. The number of fused-ring (bicyclic) bond motifs is 1. The highest BCUT2D eigenvalue weighted by atomic mass is 32.2. The van der Waals surface area contributed by atoms with E-state index in [0.717, 1.165) is 17.7 Å². The van der Waals surface area contributed by atoms with Crippen molar-refractivity contribution in [3.8, 4) is 5.75 Å². The maximum absolute atomic E-state index is 14.0. The number of carbonyl (C=O) groups is 1. The second-order valence-electron chi connectivity index (χ2n) is 7.30. The quantitative estimate of drug-likeness (QED) is 0.523. The molecule has 0 radical (unpaired) electrons. The molecule has 1 unspecified atom stereocenters. The highest BCUT2D eigenvalue weighted by molar-refractivity contribution is 7.98. The molecular weight excluding hydrogens is 422 g/mol. The minimum atomic E-state index is -0.679. The first-order valence-corrected chi connectivity index (χ1v) is 11.3. The van der Waals surface area contributed by atoms with Crippen molar-refractivity contribution in [3.05, 3.63) is 64.6 Å². The first-order chi connectivity index (χ1) is 14.8. The minimum absolute atomic E-state index is 0.144. The van der Waals surface area contributed by atoms with Crippen LogP contribution < -0.4 is 15.8 Å². The van der Waals surface area contributed by atoms with Crippen LogP contribution in [0, 0.1) is 25.5 Å². The van der Waals surface area contributed by atoms with Crippen LogP contribution >= 0.6 is 11.8 Å². The van der Waals surface area contributed by atoms with Crippen LogP contribution in [0.25, 0.3) is 5.65 Å². The number of aryl methyl sites for hydroxylation is 2. The van der Waals surface area contributed by atoms with Gasteiger partial charge in [-0.1, -0.05) is 6.07 Å². The Hall–Kier alpha value is -2.65. The number of halogens is 2. The monoisotopic (exact) mass is 448 g/mol. The van der Waals surface area contributed by atoms with E-state index in [-0.39, 0.29) is 24.1 Å². The van der Waals surface area contributed by atoms with Crippen LogP contribution in [-0.2, 0) is 6.61 Å². The van der Waals surface area contributed by atoms with Gasteiger partial charge in [-0.3, -0.25) is 9.20 Å². The first kappa shape index (κ1) is 23.0. The van der Waals surface area contributed by atoms with Crippen molar-refractivity contribution < 1.29 is 18.3 Å². The number of nitrogens with zero attached hydrogens (tertiary/aromatic N) is 2. The number of amides is 1. The molecule has 0 saturated carbocycles. The number of rotatable bonds is 9. The molecule has 0 aliphatic rings. The zero-order valence-corrected chi connectivity index (χ0v) is 18.6. The molecule has 2 aromatic heterocycles. The van der Waals surface area contributed by atoms with E-state index in [9.17, 15) is 13.6 Å². The number of hydrogen-bond donors (Lipinski definition) is 2. The molecule has 0 aliphatic heterocycles. The Bertz CT molecular complexity index is 1070. The van der Waals surface area contributed by atoms with E-state index in [1.165, 1.54) is 18.2 Å². The van der Waals surface area contributed by atoms with Gasteiger partial charge < -0.3 is 15.8 Å². The number of benzene rings is 1. The van der Waals surface area contributed by atoms with Gasteiger partial charge in [-0.05, 0) is 56.0 Å². The molecule has 1 aromatic carbocycles. The molecule has 0 bridgehead atoms. The molecule has 3 aromatic rings. The number of nitrogens with one attached hydrogen (secondary N) is 1. The molecule has 31 heavy (non-hydrogen) atoms. The lowest BCUT2D eigenvalue weighted by molar-refractivity contribution is 0.0931. The van der Waals surface area contributed by atoms with Crippen molar-refractivity contribution in [3.63, 3.8) is 0 Å². The van der Waals surface area contributed by atoms with E-state index in [1.54, 1.807) is 35.3 Å². The fourth-order valence-electron chi connectivity index (χ4n) is 3.32. The van der Waals surface area contributed by atoms with Gasteiger partial charge in [0.05, 0.1) is 11.3 Å². The number of pyridine rings is 1. The topological polar surface area (TPSA) is 81.6 Å². The molecule has 3 N–H and O–H groups in total. The number of nitrogens with two attached hydrogens (primary N) is 1. The SMILES string of the molecule is CSCCC(CN)NC(=O)c1c(C)nc2c(OCc3c(F)cccc3F)cc(C)cn12. The van der Waals surface area contributed by atoms with Gasteiger partial charge in [0.25, 0.3) is 5.91 Å². The van der Waals surface area contributed by atoms with Crippen molar-refractivity contribution in [1.29, 1.82) is 0 Å². The maximum Gasteiger partial charge on any atom is 0.270 e. The van der Waals surface area contributed by atoms with Crippen LogP contribution in [0.15, 0.2) is 30.5 Å². The van der Waals surface area contributed by atoms with Crippen LogP contribution in [0.5, 0.6) is 5.75 Å².